The molecule has 0 saturated heterocycles. The van der Waals surface area contributed by atoms with Crippen LogP contribution in [-0.4, -0.2) is 27.2 Å². The first kappa shape index (κ1) is 12.9. The average molecular weight is 241 g/mol. The molecule has 0 unspecified atom stereocenters. The Bertz CT molecular complexity index is 440. The average Bonchev–Trinajstić information content (AvgIpc) is 2.52. The van der Waals surface area contributed by atoms with Crippen LogP contribution < -0.4 is 11.1 Å². The van der Waals surface area contributed by atoms with E-state index in [-0.39, 0.29) is 18.1 Å². The number of carbonyl (C=O) groups is 1. The molecule has 8 nitrogen and oxygen atoms in total. The molecular formula is C9H15N5O3. The molecular weight excluding hydrogens is 226 g/mol. The van der Waals surface area contributed by atoms with Crippen molar-refractivity contribution >= 4 is 17.4 Å². The normalized spacial score (nSPS) is 10.2. The van der Waals surface area contributed by atoms with E-state index in [4.69, 9.17) is 5.73 Å². The van der Waals surface area contributed by atoms with Gasteiger partial charge in [-0.15, -0.1) is 0 Å². The molecule has 0 aliphatic rings. The van der Waals surface area contributed by atoms with Crippen molar-refractivity contribution in [2.75, 3.05) is 11.9 Å². The van der Waals surface area contributed by atoms with Gasteiger partial charge >= 0.3 is 5.69 Å². The van der Waals surface area contributed by atoms with Gasteiger partial charge < -0.3 is 11.1 Å². The molecule has 0 spiro atoms. The van der Waals surface area contributed by atoms with Gasteiger partial charge in [0.15, 0.2) is 0 Å². The maximum atomic E-state index is 10.9. The van der Waals surface area contributed by atoms with Crippen molar-refractivity contribution in [3.63, 3.8) is 0 Å². The van der Waals surface area contributed by atoms with Gasteiger partial charge in [-0.2, -0.15) is 5.10 Å². The lowest BCUT2D eigenvalue weighted by Gasteiger charge is -2.06. The second-order valence-electron chi connectivity index (χ2n) is 3.58. The lowest BCUT2D eigenvalue weighted by atomic mass is 10.3. The van der Waals surface area contributed by atoms with E-state index in [2.05, 4.69) is 10.4 Å². The van der Waals surface area contributed by atoms with E-state index in [9.17, 15) is 14.9 Å². The number of hydrogen-bond acceptors (Lipinski definition) is 5. The number of anilines is 1. The molecule has 0 aromatic carbocycles. The number of hydrogen-bond donors (Lipinski definition) is 2. The van der Waals surface area contributed by atoms with Crippen LogP contribution in [0.5, 0.6) is 0 Å². The Morgan fingerprint density at radius 2 is 2.29 bits per heavy atom. The summed E-state index contributed by atoms with van der Waals surface area (Å²) >= 11 is 0. The molecule has 0 radical (unpaired) electrons. The quantitative estimate of drug-likeness (QED) is 0.552. The third kappa shape index (κ3) is 2.92. The first-order valence-electron chi connectivity index (χ1n) is 5.21. The highest BCUT2D eigenvalue weighted by atomic mass is 16.6. The summed E-state index contributed by atoms with van der Waals surface area (Å²) in [6.45, 7) is 3.87. The number of nitrogens with zero attached hydrogens (tertiary/aromatic N) is 3. The smallest absolute Gasteiger partial charge is 0.333 e. The molecule has 1 aromatic heterocycles. The highest BCUT2D eigenvalue weighted by Crippen LogP contribution is 2.28. The lowest BCUT2D eigenvalue weighted by molar-refractivity contribution is -0.384. The molecule has 3 N–H and O–H groups in total. The van der Waals surface area contributed by atoms with E-state index in [0.29, 0.717) is 12.2 Å². The number of nitrogens with two attached hydrogens (primary N) is 1. The van der Waals surface area contributed by atoms with Gasteiger partial charge in [0.05, 0.1) is 11.5 Å². The Balaban J connectivity index is 3.10. The molecule has 17 heavy (non-hydrogen) atoms. The van der Waals surface area contributed by atoms with Crippen LogP contribution in [0.4, 0.5) is 11.5 Å². The Kier molecular flexibility index (Phi) is 4.02. The van der Waals surface area contributed by atoms with Crippen molar-refractivity contribution in [2.45, 2.75) is 26.8 Å². The highest BCUT2D eigenvalue weighted by molar-refractivity contribution is 5.79. The zero-order valence-electron chi connectivity index (χ0n) is 9.77. The SMILES string of the molecule is CCCn1nc(C)c([N+](=O)[O-])c1NCC(N)=O. The topological polar surface area (TPSA) is 116 Å². The second kappa shape index (κ2) is 5.28. The van der Waals surface area contributed by atoms with Crippen molar-refractivity contribution in [1.82, 2.24) is 9.78 Å². The van der Waals surface area contributed by atoms with Crippen LogP contribution in [0.2, 0.25) is 0 Å². The molecule has 0 aliphatic carbocycles. The van der Waals surface area contributed by atoms with Gasteiger partial charge in [0, 0.05) is 6.54 Å². The van der Waals surface area contributed by atoms with E-state index in [1.165, 1.54) is 4.68 Å². The summed E-state index contributed by atoms with van der Waals surface area (Å²) in [6, 6.07) is 0. The second-order valence-corrected chi connectivity index (χ2v) is 3.58. The Morgan fingerprint density at radius 1 is 1.65 bits per heavy atom. The first-order chi connectivity index (χ1) is 7.97. The minimum atomic E-state index is -0.582. The van der Waals surface area contributed by atoms with Gasteiger partial charge in [0.1, 0.15) is 5.69 Å². The number of aryl methyl sites for hydroxylation is 2. The minimum Gasteiger partial charge on any atom is -0.368 e. The number of rotatable bonds is 6. The molecule has 0 fully saturated rings. The van der Waals surface area contributed by atoms with Gasteiger partial charge in [-0.1, -0.05) is 6.92 Å². The number of nitrogens with one attached hydrogen (secondary N) is 1. The van der Waals surface area contributed by atoms with E-state index >= 15 is 0 Å². The van der Waals surface area contributed by atoms with Gasteiger partial charge in [0.25, 0.3) is 0 Å². The van der Waals surface area contributed by atoms with Crippen molar-refractivity contribution in [1.29, 1.82) is 0 Å². The van der Waals surface area contributed by atoms with Crippen LogP contribution in [0, 0.1) is 17.0 Å². The van der Waals surface area contributed by atoms with Crippen LogP contribution in [0.25, 0.3) is 0 Å². The monoisotopic (exact) mass is 241 g/mol. The molecule has 0 saturated carbocycles. The zero-order valence-corrected chi connectivity index (χ0v) is 9.77. The Morgan fingerprint density at radius 3 is 2.76 bits per heavy atom. The first-order valence-corrected chi connectivity index (χ1v) is 5.21. The van der Waals surface area contributed by atoms with Crippen LogP contribution >= 0.6 is 0 Å². The van der Waals surface area contributed by atoms with E-state index < -0.39 is 10.8 Å². The molecule has 8 heteroatoms. The minimum absolute atomic E-state index is 0.111. The molecule has 0 aliphatic heterocycles. The summed E-state index contributed by atoms with van der Waals surface area (Å²) in [6.07, 6.45) is 0.781. The largest absolute Gasteiger partial charge is 0.368 e. The fourth-order valence-electron chi connectivity index (χ4n) is 1.51. The van der Waals surface area contributed by atoms with Crippen molar-refractivity contribution in [3.8, 4) is 0 Å². The van der Waals surface area contributed by atoms with E-state index in [0.717, 1.165) is 6.42 Å². The maximum absolute atomic E-state index is 10.9. The zero-order chi connectivity index (χ0) is 13.0. The Hall–Kier alpha value is -2.12. The van der Waals surface area contributed by atoms with Gasteiger partial charge in [0.2, 0.25) is 11.7 Å². The summed E-state index contributed by atoms with van der Waals surface area (Å²) in [5.41, 5.74) is 5.20. The molecule has 1 heterocycles. The molecule has 94 valence electrons. The summed E-state index contributed by atoms with van der Waals surface area (Å²) < 4.78 is 1.48. The van der Waals surface area contributed by atoms with Crippen LogP contribution in [-0.2, 0) is 11.3 Å². The van der Waals surface area contributed by atoms with Crippen LogP contribution in [0.15, 0.2) is 0 Å². The summed E-state index contributed by atoms with van der Waals surface area (Å²) in [5, 5.41) is 17.6. The molecule has 1 rings (SSSR count). The molecule has 0 bridgehead atoms. The molecule has 1 aromatic rings. The standard InChI is InChI=1S/C9H15N5O3/c1-3-4-13-9(11-5-7(10)15)8(14(16)17)6(2)12-13/h11H,3-5H2,1-2H3,(H2,10,15). The maximum Gasteiger partial charge on any atom is 0.333 e. The molecule has 0 atom stereocenters. The van der Waals surface area contributed by atoms with Crippen molar-refractivity contribution in [3.05, 3.63) is 15.8 Å². The lowest BCUT2D eigenvalue weighted by Crippen LogP contribution is -2.23. The summed E-state index contributed by atoms with van der Waals surface area (Å²) in [4.78, 5) is 21.1. The fourth-order valence-corrected chi connectivity index (χ4v) is 1.51. The number of primary amides is 1. The Labute approximate surface area is 97.9 Å². The summed E-state index contributed by atoms with van der Waals surface area (Å²) in [7, 11) is 0. The third-order valence-electron chi connectivity index (χ3n) is 2.14. The third-order valence-corrected chi connectivity index (χ3v) is 2.14. The number of nitro groups is 1. The molecule has 1 amide bonds. The van der Waals surface area contributed by atoms with Crippen molar-refractivity contribution in [2.24, 2.45) is 5.73 Å². The van der Waals surface area contributed by atoms with E-state index in [1.54, 1.807) is 6.92 Å². The predicted molar refractivity (Wildman–Crippen MR) is 61.6 cm³/mol. The van der Waals surface area contributed by atoms with Gasteiger partial charge in [-0.05, 0) is 13.3 Å². The number of amides is 1. The van der Waals surface area contributed by atoms with Crippen LogP contribution in [0.1, 0.15) is 19.0 Å². The van der Waals surface area contributed by atoms with Crippen molar-refractivity contribution < 1.29 is 9.72 Å². The van der Waals surface area contributed by atoms with Gasteiger partial charge in [-0.3, -0.25) is 14.9 Å². The fraction of sp³-hybridized carbons (Fsp3) is 0.556. The van der Waals surface area contributed by atoms with Gasteiger partial charge in [-0.25, -0.2) is 4.68 Å². The summed E-state index contributed by atoms with van der Waals surface area (Å²) in [5.74, 6) is -0.352. The van der Waals surface area contributed by atoms with E-state index in [1.807, 2.05) is 6.92 Å². The number of carbonyl (C=O) groups excluding carboxylic acids is 1. The van der Waals surface area contributed by atoms with Crippen LogP contribution in [0.3, 0.4) is 0 Å². The highest BCUT2D eigenvalue weighted by Gasteiger charge is 2.24. The number of aromatic nitrogens is 2. The predicted octanol–water partition coefficient (Wildman–Crippen LogP) is 0.407.